The maximum Gasteiger partial charge on any atom is 0.224 e. The third kappa shape index (κ3) is 6.89. The van der Waals surface area contributed by atoms with Crippen molar-refractivity contribution in [3.05, 3.63) is 65.7 Å². The predicted molar refractivity (Wildman–Crippen MR) is 106 cm³/mol. The maximum atomic E-state index is 11.9. The van der Waals surface area contributed by atoms with Gasteiger partial charge in [0.1, 0.15) is 5.75 Å². The smallest absolute Gasteiger partial charge is 0.224 e. The van der Waals surface area contributed by atoms with Gasteiger partial charge in [-0.3, -0.25) is 4.79 Å². The lowest BCUT2D eigenvalue weighted by Crippen LogP contribution is -2.39. The summed E-state index contributed by atoms with van der Waals surface area (Å²) >= 11 is 0. The fourth-order valence-electron chi connectivity index (χ4n) is 2.63. The standard InChI is InChI=1S/C22H30N2O2/c1-17(18(2)23)22(25)24-14-13-20-10-6-12-21(16-20)26-15-7-11-19-8-4-3-5-9-19/h3-6,8-10,12,16-18H,7,11,13-15,23H2,1-2H3,(H,24,25). The van der Waals surface area contributed by atoms with Gasteiger partial charge in [-0.1, -0.05) is 49.4 Å². The first-order valence-electron chi connectivity index (χ1n) is 9.35. The van der Waals surface area contributed by atoms with E-state index in [0.717, 1.165) is 30.6 Å². The Balaban J connectivity index is 1.71. The van der Waals surface area contributed by atoms with Gasteiger partial charge < -0.3 is 15.8 Å². The Morgan fingerprint density at radius 1 is 1.04 bits per heavy atom. The molecule has 2 unspecified atom stereocenters. The zero-order valence-corrected chi connectivity index (χ0v) is 15.8. The van der Waals surface area contributed by atoms with Crippen LogP contribution in [-0.4, -0.2) is 25.1 Å². The van der Waals surface area contributed by atoms with Crippen molar-refractivity contribution < 1.29 is 9.53 Å². The second-order valence-corrected chi connectivity index (χ2v) is 6.77. The van der Waals surface area contributed by atoms with Gasteiger partial charge in [0.25, 0.3) is 0 Å². The van der Waals surface area contributed by atoms with Crippen LogP contribution < -0.4 is 15.8 Å². The van der Waals surface area contributed by atoms with Crippen LogP contribution in [0.3, 0.4) is 0 Å². The normalized spacial score (nSPS) is 13.0. The molecular weight excluding hydrogens is 324 g/mol. The molecule has 0 aliphatic carbocycles. The largest absolute Gasteiger partial charge is 0.494 e. The lowest BCUT2D eigenvalue weighted by atomic mass is 10.0. The van der Waals surface area contributed by atoms with E-state index in [1.807, 2.05) is 38.1 Å². The number of carbonyl (C=O) groups excluding carboxylic acids is 1. The molecule has 4 heteroatoms. The summed E-state index contributed by atoms with van der Waals surface area (Å²) in [5.74, 6) is 0.716. The molecule has 0 radical (unpaired) electrons. The molecule has 0 spiro atoms. The topological polar surface area (TPSA) is 64.4 Å². The highest BCUT2D eigenvalue weighted by Gasteiger charge is 2.16. The number of nitrogens with two attached hydrogens (primary N) is 1. The Hall–Kier alpha value is -2.33. The van der Waals surface area contributed by atoms with Crippen LogP contribution in [0.1, 0.15) is 31.4 Å². The van der Waals surface area contributed by atoms with Crippen molar-refractivity contribution in [1.29, 1.82) is 0 Å². The molecule has 0 aliphatic heterocycles. The summed E-state index contributed by atoms with van der Waals surface area (Å²) in [7, 11) is 0. The number of benzene rings is 2. The fraction of sp³-hybridized carbons (Fsp3) is 0.409. The van der Waals surface area contributed by atoms with Crippen LogP contribution in [0.2, 0.25) is 0 Å². The van der Waals surface area contributed by atoms with Gasteiger partial charge in [-0.25, -0.2) is 0 Å². The number of nitrogens with one attached hydrogen (secondary N) is 1. The van der Waals surface area contributed by atoms with Crippen molar-refractivity contribution >= 4 is 5.91 Å². The van der Waals surface area contributed by atoms with E-state index in [-0.39, 0.29) is 17.9 Å². The Morgan fingerprint density at radius 2 is 1.77 bits per heavy atom. The molecule has 2 aromatic rings. The van der Waals surface area contributed by atoms with Crippen LogP contribution in [0.25, 0.3) is 0 Å². The highest BCUT2D eigenvalue weighted by molar-refractivity contribution is 5.78. The zero-order valence-electron chi connectivity index (χ0n) is 15.8. The molecular formula is C22H30N2O2. The predicted octanol–water partition coefficient (Wildman–Crippen LogP) is 3.34. The van der Waals surface area contributed by atoms with Gasteiger partial charge in [-0.2, -0.15) is 0 Å². The third-order valence-corrected chi connectivity index (χ3v) is 4.53. The van der Waals surface area contributed by atoms with Crippen LogP contribution in [0, 0.1) is 5.92 Å². The molecule has 26 heavy (non-hydrogen) atoms. The van der Waals surface area contributed by atoms with Crippen LogP contribution in [0.4, 0.5) is 0 Å². The first-order valence-corrected chi connectivity index (χ1v) is 9.35. The number of hydrogen-bond donors (Lipinski definition) is 2. The highest BCUT2D eigenvalue weighted by Crippen LogP contribution is 2.14. The molecule has 0 saturated carbocycles. The van der Waals surface area contributed by atoms with Gasteiger partial charge in [-0.15, -0.1) is 0 Å². The summed E-state index contributed by atoms with van der Waals surface area (Å²) in [5, 5.41) is 2.94. The second-order valence-electron chi connectivity index (χ2n) is 6.77. The van der Waals surface area contributed by atoms with Crippen LogP contribution >= 0.6 is 0 Å². The van der Waals surface area contributed by atoms with Gasteiger partial charge in [0.05, 0.1) is 6.61 Å². The molecule has 0 bridgehead atoms. The SMILES string of the molecule is CC(N)C(C)C(=O)NCCc1cccc(OCCCc2ccccc2)c1. The number of amides is 1. The summed E-state index contributed by atoms with van der Waals surface area (Å²) in [6.45, 7) is 5.00. The van der Waals surface area contributed by atoms with Crippen LogP contribution in [-0.2, 0) is 17.6 Å². The summed E-state index contributed by atoms with van der Waals surface area (Å²) < 4.78 is 5.86. The summed E-state index contributed by atoms with van der Waals surface area (Å²) in [5.41, 5.74) is 8.24. The lowest BCUT2D eigenvalue weighted by Gasteiger charge is -2.15. The Bertz CT molecular complexity index is 671. The van der Waals surface area contributed by atoms with E-state index in [4.69, 9.17) is 10.5 Å². The minimum Gasteiger partial charge on any atom is -0.494 e. The molecule has 4 nitrogen and oxygen atoms in total. The third-order valence-electron chi connectivity index (χ3n) is 4.53. The highest BCUT2D eigenvalue weighted by atomic mass is 16.5. The molecule has 2 atom stereocenters. The molecule has 0 heterocycles. The van der Waals surface area contributed by atoms with Crippen LogP contribution in [0.15, 0.2) is 54.6 Å². The lowest BCUT2D eigenvalue weighted by molar-refractivity contribution is -0.124. The molecule has 2 aromatic carbocycles. The minimum absolute atomic E-state index is 0.00770. The van der Waals surface area contributed by atoms with Gasteiger partial charge in [-0.05, 0) is 49.4 Å². The van der Waals surface area contributed by atoms with Crippen molar-refractivity contribution in [2.24, 2.45) is 11.7 Å². The average Bonchev–Trinajstić information content (AvgIpc) is 2.65. The average molecular weight is 354 g/mol. The van der Waals surface area contributed by atoms with Crippen molar-refractivity contribution in [3.8, 4) is 5.75 Å². The first-order chi connectivity index (χ1) is 12.6. The van der Waals surface area contributed by atoms with E-state index < -0.39 is 0 Å². The number of hydrogen-bond acceptors (Lipinski definition) is 3. The summed E-state index contributed by atoms with van der Waals surface area (Å²) in [4.78, 5) is 11.9. The van der Waals surface area contributed by atoms with Crippen molar-refractivity contribution in [3.63, 3.8) is 0 Å². The van der Waals surface area contributed by atoms with E-state index >= 15 is 0 Å². The molecule has 0 aliphatic rings. The Morgan fingerprint density at radius 3 is 2.50 bits per heavy atom. The number of aryl methyl sites for hydroxylation is 1. The molecule has 1 amide bonds. The quantitative estimate of drug-likeness (QED) is 0.643. The molecule has 0 saturated heterocycles. The maximum absolute atomic E-state index is 11.9. The van der Waals surface area contributed by atoms with E-state index in [1.54, 1.807) is 0 Å². The van der Waals surface area contributed by atoms with Gasteiger partial charge in [0.2, 0.25) is 5.91 Å². The Kier molecular flexibility index (Phi) is 8.16. The van der Waals surface area contributed by atoms with E-state index in [0.29, 0.717) is 13.2 Å². The van der Waals surface area contributed by atoms with Gasteiger partial charge in [0.15, 0.2) is 0 Å². The summed E-state index contributed by atoms with van der Waals surface area (Å²) in [6.07, 6.45) is 2.78. The first kappa shape index (κ1) is 20.0. The minimum atomic E-state index is -0.172. The molecule has 2 rings (SSSR count). The molecule has 3 N–H and O–H groups in total. The van der Waals surface area contributed by atoms with Crippen LogP contribution in [0.5, 0.6) is 5.75 Å². The fourth-order valence-corrected chi connectivity index (χ4v) is 2.63. The molecule has 140 valence electrons. The van der Waals surface area contributed by atoms with Crippen molar-refractivity contribution in [1.82, 2.24) is 5.32 Å². The number of carbonyl (C=O) groups is 1. The van der Waals surface area contributed by atoms with Gasteiger partial charge in [0, 0.05) is 18.5 Å². The molecule has 0 fully saturated rings. The number of rotatable bonds is 10. The second kappa shape index (κ2) is 10.6. The van der Waals surface area contributed by atoms with Crippen molar-refractivity contribution in [2.45, 2.75) is 39.2 Å². The van der Waals surface area contributed by atoms with Crippen molar-refractivity contribution in [2.75, 3.05) is 13.2 Å². The zero-order chi connectivity index (χ0) is 18.8. The van der Waals surface area contributed by atoms with E-state index in [2.05, 4.69) is 35.6 Å². The van der Waals surface area contributed by atoms with Gasteiger partial charge >= 0.3 is 0 Å². The Labute approximate surface area is 156 Å². The number of ether oxygens (including phenoxy) is 1. The molecule has 0 aromatic heterocycles. The van der Waals surface area contributed by atoms with E-state index in [9.17, 15) is 4.79 Å². The summed E-state index contributed by atoms with van der Waals surface area (Å²) in [6, 6.07) is 18.4. The van der Waals surface area contributed by atoms with E-state index in [1.165, 1.54) is 5.56 Å². The monoisotopic (exact) mass is 354 g/mol.